The Kier molecular flexibility index (Phi) is 2.35. The number of methoxy groups -OCH3 is 1. The Morgan fingerprint density at radius 2 is 2.37 bits per heavy atom. The van der Waals surface area contributed by atoms with Crippen LogP contribution in [-0.2, 0) is 14.9 Å². The fourth-order valence-electron chi connectivity index (χ4n) is 2.98. The molecular weight excluding hydrogens is 246 g/mol. The van der Waals surface area contributed by atoms with E-state index in [0.29, 0.717) is 5.75 Å². The quantitative estimate of drug-likeness (QED) is 0.359. The number of fused-ring (bicyclic) bond motifs is 1. The molecule has 0 aromatic heterocycles. The van der Waals surface area contributed by atoms with Crippen molar-refractivity contribution in [1.82, 2.24) is 0 Å². The highest BCUT2D eigenvalue weighted by Crippen LogP contribution is 2.64. The van der Waals surface area contributed by atoms with Gasteiger partial charge in [-0.3, -0.25) is 4.79 Å². The Bertz CT molecular complexity index is 599. The van der Waals surface area contributed by atoms with Crippen LogP contribution in [-0.4, -0.2) is 26.2 Å². The summed E-state index contributed by atoms with van der Waals surface area (Å²) in [7, 11) is 1.57. The van der Waals surface area contributed by atoms with Crippen LogP contribution in [0.2, 0.25) is 0 Å². The largest absolute Gasteiger partial charge is 0.497 e. The number of nitrogens with zero attached hydrogens (tertiary/aromatic N) is 3. The molecule has 0 bridgehead atoms. The lowest BCUT2D eigenvalue weighted by Crippen LogP contribution is -2.23. The monoisotopic (exact) mass is 260 g/mol. The van der Waals surface area contributed by atoms with Gasteiger partial charge in [-0.05, 0) is 29.1 Å². The first kappa shape index (κ1) is 10.7. The van der Waals surface area contributed by atoms with Crippen molar-refractivity contribution in [2.45, 2.75) is 5.41 Å². The molecule has 3 rings (SSSR count). The van der Waals surface area contributed by atoms with E-state index in [1.165, 1.54) is 0 Å². The molecule has 6 heteroatoms. The number of rotatable bonds is 4. The summed E-state index contributed by atoms with van der Waals surface area (Å²) in [5.74, 6) is -0.0991. The summed E-state index contributed by atoms with van der Waals surface area (Å²) in [6.07, 6.45) is 0. The predicted molar refractivity (Wildman–Crippen MR) is 66.6 cm³/mol. The second-order valence-corrected chi connectivity index (χ2v) is 4.68. The molecule has 0 N–H and O–H groups in total. The molecule has 1 aliphatic heterocycles. The molecule has 4 atom stereocenters. The molecule has 0 amide bonds. The van der Waals surface area contributed by atoms with E-state index in [1.807, 2.05) is 0 Å². The van der Waals surface area contributed by atoms with Crippen LogP contribution in [0, 0.1) is 11.8 Å². The van der Waals surface area contributed by atoms with Gasteiger partial charge >= 0.3 is 5.97 Å². The predicted octanol–water partition coefficient (Wildman–Crippen LogP) is 2.05. The van der Waals surface area contributed by atoms with E-state index >= 15 is 0 Å². The van der Waals surface area contributed by atoms with Gasteiger partial charge in [0, 0.05) is 17.4 Å². The first-order chi connectivity index (χ1) is 9.66. The third-order valence-electron chi connectivity index (χ3n) is 4.00. The van der Waals surface area contributed by atoms with E-state index in [9.17, 15) is 4.79 Å². The molecule has 19 heavy (non-hydrogen) atoms. The topological polar surface area (TPSA) is 84.3 Å². The summed E-state index contributed by atoms with van der Waals surface area (Å²) < 4.78 is 17.9. The van der Waals surface area contributed by atoms with Crippen LogP contribution in [0.15, 0.2) is 29.4 Å². The van der Waals surface area contributed by atoms with Gasteiger partial charge in [0.2, 0.25) is 0 Å². The fourth-order valence-corrected chi connectivity index (χ4v) is 2.98. The van der Waals surface area contributed by atoms with Gasteiger partial charge in [0.1, 0.15) is 11.2 Å². The molecule has 98 valence electrons. The van der Waals surface area contributed by atoms with Gasteiger partial charge in [0.05, 0.1) is 15.1 Å². The van der Waals surface area contributed by atoms with Crippen LogP contribution in [0.5, 0.6) is 5.75 Å². The van der Waals surface area contributed by atoms with Gasteiger partial charge in [0.25, 0.3) is 0 Å². The standard InChI is InChI=1S/C13H13N3O3/c1-18-9-4-2-8(3-5-9)13-10(6-15-16-14)11(13)7-19-12(13)17/h2-5,10-11H,6-7H2,1H3/t10-,11-,13+/m1/s1/i7D/t7?,10-,11-,13+. The molecule has 1 aliphatic carbocycles. The lowest BCUT2D eigenvalue weighted by Gasteiger charge is -2.13. The van der Waals surface area contributed by atoms with E-state index in [4.69, 9.17) is 16.4 Å². The van der Waals surface area contributed by atoms with Crippen LogP contribution in [0.4, 0.5) is 0 Å². The van der Waals surface area contributed by atoms with Crippen LogP contribution < -0.4 is 4.74 Å². The number of hydrogen-bond acceptors (Lipinski definition) is 4. The molecule has 2 aliphatic rings. The molecule has 1 saturated carbocycles. The maximum Gasteiger partial charge on any atom is 0.317 e. The Morgan fingerprint density at radius 3 is 3.00 bits per heavy atom. The zero-order chi connectivity index (χ0) is 14.3. The van der Waals surface area contributed by atoms with Crippen molar-refractivity contribution >= 4 is 5.97 Å². The van der Waals surface area contributed by atoms with Crippen molar-refractivity contribution in [3.05, 3.63) is 40.3 Å². The molecule has 1 aromatic rings. The maximum atomic E-state index is 12.2. The Morgan fingerprint density at radius 1 is 1.63 bits per heavy atom. The van der Waals surface area contributed by atoms with Crippen LogP contribution in [0.25, 0.3) is 10.4 Å². The van der Waals surface area contributed by atoms with Crippen LogP contribution >= 0.6 is 0 Å². The lowest BCUT2D eigenvalue weighted by molar-refractivity contribution is -0.143. The highest BCUT2D eigenvalue weighted by atomic mass is 16.5. The molecular formula is C13H13N3O3. The first-order valence-corrected chi connectivity index (χ1v) is 5.95. The van der Waals surface area contributed by atoms with Crippen molar-refractivity contribution in [2.24, 2.45) is 17.0 Å². The maximum absolute atomic E-state index is 12.2. The van der Waals surface area contributed by atoms with E-state index in [0.717, 1.165) is 5.56 Å². The molecule has 1 saturated heterocycles. The number of benzene rings is 1. The number of hydrogen-bond donors (Lipinski definition) is 0. The van der Waals surface area contributed by atoms with E-state index in [2.05, 4.69) is 10.0 Å². The lowest BCUT2D eigenvalue weighted by atomic mass is 9.92. The van der Waals surface area contributed by atoms with Crippen molar-refractivity contribution in [1.29, 1.82) is 0 Å². The Labute approximate surface area is 111 Å². The molecule has 2 fully saturated rings. The summed E-state index contributed by atoms with van der Waals surface area (Å²) in [5, 5.41) is 3.55. The molecule has 1 aromatic carbocycles. The smallest absolute Gasteiger partial charge is 0.317 e. The third kappa shape index (κ3) is 1.50. The molecule has 0 radical (unpaired) electrons. The van der Waals surface area contributed by atoms with Gasteiger partial charge in [-0.2, -0.15) is 0 Å². The van der Waals surface area contributed by atoms with Gasteiger partial charge in [0.15, 0.2) is 0 Å². The highest BCUT2D eigenvalue weighted by Gasteiger charge is 2.74. The number of cyclic esters (lactones) is 1. The van der Waals surface area contributed by atoms with Crippen LogP contribution in [0.1, 0.15) is 6.93 Å². The molecule has 1 unspecified atom stereocenters. The summed E-state index contributed by atoms with van der Waals surface area (Å²) in [4.78, 5) is 14.9. The average Bonchev–Trinajstić information content (AvgIpc) is 3.07. The number of esters is 1. The second kappa shape index (κ2) is 4.17. The summed E-state index contributed by atoms with van der Waals surface area (Å²) in [5.41, 5.74) is 8.41. The zero-order valence-corrected chi connectivity index (χ0v) is 10.3. The number of azide groups is 1. The minimum Gasteiger partial charge on any atom is -0.497 e. The third-order valence-corrected chi connectivity index (χ3v) is 4.00. The minimum atomic E-state index is -0.886. The normalized spacial score (nSPS) is 35.7. The van der Waals surface area contributed by atoms with Crippen molar-refractivity contribution in [3.63, 3.8) is 0 Å². The van der Waals surface area contributed by atoms with E-state index in [1.54, 1.807) is 31.4 Å². The van der Waals surface area contributed by atoms with Gasteiger partial charge in [-0.15, -0.1) is 0 Å². The first-order valence-electron chi connectivity index (χ1n) is 6.52. The van der Waals surface area contributed by atoms with Crippen molar-refractivity contribution < 1.29 is 15.6 Å². The van der Waals surface area contributed by atoms with Crippen LogP contribution in [0.3, 0.4) is 0 Å². The average molecular weight is 260 g/mol. The van der Waals surface area contributed by atoms with E-state index in [-0.39, 0.29) is 18.4 Å². The Hall–Kier alpha value is -2.20. The number of carbonyl (C=O) groups excluding carboxylic acids is 1. The van der Waals surface area contributed by atoms with Crippen molar-refractivity contribution in [3.8, 4) is 5.75 Å². The number of ether oxygens (including phenoxy) is 2. The SMILES string of the molecule is [2H]C1OC(=O)[C@@]2(c3ccc(OC)cc3)[C@H](CN=[N+]=[N-])[C@@H]12. The summed E-state index contributed by atoms with van der Waals surface area (Å²) in [6, 6.07) is 7.16. The zero-order valence-electron chi connectivity index (χ0n) is 11.3. The summed E-state index contributed by atoms with van der Waals surface area (Å²) >= 11 is 0. The highest BCUT2D eigenvalue weighted by molar-refractivity contribution is 5.91. The van der Waals surface area contributed by atoms with Gasteiger partial charge in [-0.25, -0.2) is 0 Å². The minimum absolute atomic E-state index is 0.157. The molecule has 0 spiro atoms. The Balaban J connectivity index is 1.98. The van der Waals surface area contributed by atoms with E-state index < -0.39 is 18.0 Å². The fraction of sp³-hybridized carbons (Fsp3) is 0.462. The van der Waals surface area contributed by atoms with Crippen molar-refractivity contribution in [2.75, 3.05) is 20.2 Å². The summed E-state index contributed by atoms with van der Waals surface area (Å²) in [6.45, 7) is -0.680. The van der Waals surface area contributed by atoms with Gasteiger partial charge in [-0.1, -0.05) is 17.2 Å². The molecule has 6 nitrogen and oxygen atoms in total. The van der Waals surface area contributed by atoms with Gasteiger partial charge < -0.3 is 9.47 Å². The second-order valence-electron chi connectivity index (χ2n) is 4.68. The number of carbonyl (C=O) groups is 1. The molecule has 1 heterocycles.